The van der Waals surface area contributed by atoms with Gasteiger partial charge in [0.15, 0.2) is 11.9 Å². The number of benzene rings is 4. The van der Waals surface area contributed by atoms with Crippen LogP contribution in [0.5, 0.6) is 5.75 Å². The predicted molar refractivity (Wildman–Crippen MR) is 185 cm³/mol. The molecule has 3 N–H and O–H groups in total. The van der Waals surface area contributed by atoms with Gasteiger partial charge in [-0.1, -0.05) is 30.3 Å². The Labute approximate surface area is 288 Å². The highest BCUT2D eigenvalue weighted by Crippen LogP contribution is 2.30. The highest BCUT2D eigenvalue weighted by Gasteiger charge is 2.28. The van der Waals surface area contributed by atoms with E-state index in [0.29, 0.717) is 46.8 Å². The molecule has 0 aliphatic carbocycles. The number of carbonyl (C=O) groups is 3. The standard InChI is InChI=1S/C39H37F2N5O4/c40-30-20-26(21-31(41)23-30)19-25-3-10-34-33(22-25)37(45-44-34)43-38(48)29-4-1-24(2-5-29)13-16-46-17-14-28(15-18-46)27-6-8-32(9-7-27)50-35-11-12-36(47)42-39(35)49/h1-10,20-23,28,35H,11-19H2,(H,42,47,49)(H2,43,44,45,48). The fourth-order valence-electron chi connectivity index (χ4n) is 6.76. The second kappa shape index (κ2) is 14.6. The number of nitrogens with one attached hydrogen (secondary N) is 3. The summed E-state index contributed by atoms with van der Waals surface area (Å²) in [4.78, 5) is 39.0. The van der Waals surface area contributed by atoms with Gasteiger partial charge >= 0.3 is 0 Å². The number of hydrogen-bond acceptors (Lipinski definition) is 6. The Bertz CT molecular complexity index is 2000. The van der Waals surface area contributed by atoms with Gasteiger partial charge in [0.05, 0.1) is 5.52 Å². The number of halogens is 2. The third-order valence-electron chi connectivity index (χ3n) is 9.53. The molecule has 2 aliphatic rings. The Morgan fingerprint density at radius 2 is 1.58 bits per heavy atom. The molecule has 50 heavy (non-hydrogen) atoms. The quantitative estimate of drug-likeness (QED) is 0.150. The van der Waals surface area contributed by atoms with E-state index >= 15 is 0 Å². The molecular weight excluding hydrogens is 640 g/mol. The van der Waals surface area contributed by atoms with Crippen molar-refractivity contribution in [1.29, 1.82) is 0 Å². The summed E-state index contributed by atoms with van der Waals surface area (Å²) in [5.74, 6) is -0.669. The van der Waals surface area contributed by atoms with Gasteiger partial charge in [-0.3, -0.25) is 24.8 Å². The second-order valence-corrected chi connectivity index (χ2v) is 13.1. The van der Waals surface area contributed by atoms with Gasteiger partial charge in [0.2, 0.25) is 5.91 Å². The number of H-pyrrole nitrogens is 1. The van der Waals surface area contributed by atoms with E-state index in [1.807, 2.05) is 54.6 Å². The van der Waals surface area contributed by atoms with E-state index < -0.39 is 17.7 Å². The van der Waals surface area contributed by atoms with Crippen LogP contribution in [0.1, 0.15) is 64.2 Å². The van der Waals surface area contributed by atoms with E-state index in [4.69, 9.17) is 4.74 Å². The van der Waals surface area contributed by atoms with Crippen molar-refractivity contribution in [3.8, 4) is 5.75 Å². The monoisotopic (exact) mass is 677 g/mol. The number of hydrogen-bond donors (Lipinski definition) is 3. The summed E-state index contributed by atoms with van der Waals surface area (Å²) in [5.41, 5.74) is 5.02. The number of anilines is 1. The fraction of sp³-hybridized carbons (Fsp3) is 0.282. The Morgan fingerprint density at radius 3 is 2.30 bits per heavy atom. The molecule has 2 aliphatic heterocycles. The number of ether oxygens (including phenoxy) is 1. The first-order valence-electron chi connectivity index (χ1n) is 16.9. The van der Waals surface area contributed by atoms with E-state index in [1.165, 1.54) is 17.7 Å². The number of rotatable bonds is 10. The first-order valence-corrected chi connectivity index (χ1v) is 16.9. The average Bonchev–Trinajstić information content (AvgIpc) is 3.50. The SMILES string of the molecule is O=C1CCC(Oc2ccc(C3CCN(CCc4ccc(C(=O)Nc5n[nH]c6ccc(Cc7cc(F)cc(F)c7)cc56)cc4)CC3)cc2)C(=O)N1. The number of fused-ring (bicyclic) bond motifs is 1. The first-order chi connectivity index (χ1) is 24.3. The van der Waals surface area contributed by atoms with Gasteiger partial charge in [-0.15, -0.1) is 0 Å². The summed E-state index contributed by atoms with van der Waals surface area (Å²) in [6, 6.07) is 24.6. The number of nitrogens with zero attached hydrogens (tertiary/aromatic N) is 2. The first kappa shape index (κ1) is 33.1. The summed E-state index contributed by atoms with van der Waals surface area (Å²) in [5, 5.41) is 13.1. The van der Waals surface area contributed by atoms with E-state index in [9.17, 15) is 23.2 Å². The summed E-state index contributed by atoms with van der Waals surface area (Å²) < 4.78 is 33.2. The minimum atomic E-state index is -0.636. The van der Waals surface area contributed by atoms with E-state index in [-0.39, 0.29) is 24.1 Å². The van der Waals surface area contributed by atoms with Gasteiger partial charge in [0, 0.05) is 36.4 Å². The minimum absolute atomic E-state index is 0.256. The number of likely N-dealkylation sites (tertiary alicyclic amines) is 1. The van der Waals surface area contributed by atoms with E-state index in [0.717, 1.165) is 61.6 Å². The molecule has 9 nitrogen and oxygen atoms in total. The maximum Gasteiger partial charge on any atom is 0.267 e. The largest absolute Gasteiger partial charge is 0.481 e. The van der Waals surface area contributed by atoms with Gasteiger partial charge in [-0.05, 0) is 115 Å². The number of aromatic nitrogens is 2. The van der Waals surface area contributed by atoms with Crippen molar-refractivity contribution >= 4 is 34.4 Å². The number of amides is 3. The minimum Gasteiger partial charge on any atom is -0.481 e. The van der Waals surface area contributed by atoms with Crippen molar-refractivity contribution < 1.29 is 27.9 Å². The maximum absolute atomic E-state index is 13.7. The lowest BCUT2D eigenvalue weighted by atomic mass is 9.89. The molecule has 2 saturated heterocycles. The zero-order valence-electron chi connectivity index (χ0n) is 27.4. The number of aromatic amines is 1. The molecule has 1 aromatic heterocycles. The second-order valence-electron chi connectivity index (χ2n) is 13.1. The summed E-state index contributed by atoms with van der Waals surface area (Å²) >= 11 is 0. The molecule has 7 rings (SSSR count). The van der Waals surface area contributed by atoms with E-state index in [1.54, 1.807) is 0 Å². The molecule has 1 atom stereocenters. The van der Waals surface area contributed by atoms with Crippen molar-refractivity contribution in [3.05, 3.63) is 124 Å². The molecule has 0 bridgehead atoms. The Balaban J connectivity index is 0.877. The molecular formula is C39H37F2N5O4. The lowest BCUT2D eigenvalue weighted by molar-refractivity contribution is -0.138. The topological polar surface area (TPSA) is 116 Å². The summed E-state index contributed by atoms with van der Waals surface area (Å²) in [6.07, 6.45) is 3.36. The molecule has 0 radical (unpaired) electrons. The van der Waals surface area contributed by atoms with Gasteiger partial charge in [-0.25, -0.2) is 8.78 Å². The third kappa shape index (κ3) is 7.89. The maximum atomic E-state index is 13.7. The predicted octanol–water partition coefficient (Wildman–Crippen LogP) is 6.29. The van der Waals surface area contributed by atoms with Crippen LogP contribution in [0.15, 0.2) is 84.9 Å². The summed E-state index contributed by atoms with van der Waals surface area (Å²) in [6.45, 7) is 2.93. The average molecular weight is 678 g/mol. The molecule has 0 spiro atoms. The molecule has 0 saturated carbocycles. The zero-order valence-corrected chi connectivity index (χ0v) is 27.4. The van der Waals surface area contributed by atoms with Crippen LogP contribution in [0.25, 0.3) is 10.9 Å². The highest BCUT2D eigenvalue weighted by atomic mass is 19.1. The van der Waals surface area contributed by atoms with Crippen LogP contribution < -0.4 is 15.4 Å². The van der Waals surface area contributed by atoms with Crippen molar-refractivity contribution in [1.82, 2.24) is 20.4 Å². The van der Waals surface area contributed by atoms with Crippen LogP contribution >= 0.6 is 0 Å². The lowest BCUT2D eigenvalue weighted by Crippen LogP contribution is -2.46. The van der Waals surface area contributed by atoms with Crippen molar-refractivity contribution in [2.24, 2.45) is 0 Å². The lowest BCUT2D eigenvalue weighted by Gasteiger charge is -2.32. The van der Waals surface area contributed by atoms with Crippen LogP contribution in [-0.4, -0.2) is 58.6 Å². The molecule has 11 heteroatoms. The van der Waals surface area contributed by atoms with Gasteiger partial charge in [-0.2, -0.15) is 5.10 Å². The van der Waals surface area contributed by atoms with Crippen LogP contribution in [0.2, 0.25) is 0 Å². The van der Waals surface area contributed by atoms with Crippen molar-refractivity contribution in [2.75, 3.05) is 25.0 Å². The molecule has 3 amide bonds. The molecule has 3 heterocycles. The van der Waals surface area contributed by atoms with Crippen LogP contribution in [0.4, 0.5) is 14.6 Å². The normalized spacial score (nSPS) is 17.1. The zero-order chi connectivity index (χ0) is 34.6. The van der Waals surface area contributed by atoms with Crippen molar-refractivity contribution in [3.63, 3.8) is 0 Å². The number of carbonyl (C=O) groups excluding carboxylic acids is 3. The number of imide groups is 1. The Kier molecular flexibility index (Phi) is 9.66. The van der Waals surface area contributed by atoms with Gasteiger partial charge < -0.3 is 15.0 Å². The summed E-state index contributed by atoms with van der Waals surface area (Å²) in [7, 11) is 0. The molecule has 2 fully saturated rings. The molecule has 256 valence electrons. The Morgan fingerprint density at radius 1 is 0.860 bits per heavy atom. The molecule has 4 aromatic carbocycles. The smallest absolute Gasteiger partial charge is 0.267 e. The third-order valence-corrected chi connectivity index (χ3v) is 9.53. The van der Waals surface area contributed by atoms with Crippen LogP contribution in [0, 0.1) is 11.6 Å². The fourth-order valence-corrected chi connectivity index (χ4v) is 6.76. The van der Waals surface area contributed by atoms with Crippen molar-refractivity contribution in [2.45, 2.75) is 50.5 Å². The van der Waals surface area contributed by atoms with Crippen LogP contribution in [-0.2, 0) is 22.4 Å². The van der Waals surface area contributed by atoms with Gasteiger partial charge in [0.1, 0.15) is 17.4 Å². The number of piperidine rings is 2. The highest BCUT2D eigenvalue weighted by molar-refractivity contribution is 6.08. The molecule has 1 unspecified atom stereocenters. The Hall–Kier alpha value is -5.42. The van der Waals surface area contributed by atoms with Crippen LogP contribution in [0.3, 0.4) is 0 Å². The van der Waals surface area contributed by atoms with Gasteiger partial charge in [0.25, 0.3) is 11.8 Å². The van der Waals surface area contributed by atoms with E-state index in [2.05, 4.69) is 37.9 Å². The molecule has 5 aromatic rings.